The molecule has 0 unspecified atom stereocenters. The fraction of sp³-hybridized carbons (Fsp3) is 0.562. The van der Waals surface area contributed by atoms with Crippen LogP contribution in [0, 0.1) is 0 Å². The van der Waals surface area contributed by atoms with Crippen molar-refractivity contribution in [2.75, 3.05) is 25.6 Å². The van der Waals surface area contributed by atoms with Gasteiger partial charge < -0.3 is 15.8 Å². The molecule has 2 rings (SSSR count). The molecule has 0 atom stereocenters. The second-order valence-electron chi connectivity index (χ2n) is 5.28. The van der Waals surface area contributed by atoms with Crippen molar-refractivity contribution in [1.29, 1.82) is 0 Å². The summed E-state index contributed by atoms with van der Waals surface area (Å²) in [6.07, 6.45) is 6.93. The predicted octanol–water partition coefficient (Wildman–Crippen LogP) is 2.72. The quantitative estimate of drug-likeness (QED) is 0.457. The van der Waals surface area contributed by atoms with Crippen molar-refractivity contribution in [1.82, 2.24) is 0 Å². The molecule has 0 amide bonds. The van der Waals surface area contributed by atoms with E-state index in [1.54, 1.807) is 7.11 Å². The van der Waals surface area contributed by atoms with Crippen molar-refractivity contribution in [3.8, 4) is 0 Å². The molecule has 0 heterocycles. The van der Waals surface area contributed by atoms with Gasteiger partial charge >= 0.3 is 0 Å². The summed E-state index contributed by atoms with van der Waals surface area (Å²) in [5, 5.41) is 3.18. The standard InChI is InChI=1S/C16H25N3O/c1-20-11-4-2-3-10-18-16(17)19-15-9-8-13-6-5-7-14(13)12-15/h8-9,12H,2-7,10-11H2,1H3,(H3,17,18,19). The molecule has 0 bridgehead atoms. The van der Waals surface area contributed by atoms with Crippen LogP contribution in [0.15, 0.2) is 23.2 Å². The number of ether oxygens (including phenoxy) is 1. The molecular weight excluding hydrogens is 250 g/mol. The number of methoxy groups -OCH3 is 1. The van der Waals surface area contributed by atoms with Crippen molar-refractivity contribution in [3.63, 3.8) is 0 Å². The normalized spacial score (nSPS) is 14.3. The number of aryl methyl sites for hydroxylation is 2. The number of guanidine groups is 1. The van der Waals surface area contributed by atoms with E-state index in [1.807, 2.05) is 0 Å². The highest BCUT2D eigenvalue weighted by Crippen LogP contribution is 2.24. The third-order valence-corrected chi connectivity index (χ3v) is 3.66. The van der Waals surface area contributed by atoms with Gasteiger partial charge in [0, 0.05) is 25.9 Å². The Hall–Kier alpha value is -1.55. The van der Waals surface area contributed by atoms with Crippen LogP contribution in [0.4, 0.5) is 5.69 Å². The van der Waals surface area contributed by atoms with Gasteiger partial charge in [-0.25, -0.2) is 0 Å². The molecule has 0 saturated heterocycles. The maximum Gasteiger partial charge on any atom is 0.193 e. The summed E-state index contributed by atoms with van der Waals surface area (Å²) in [5.41, 5.74) is 9.88. The molecule has 0 fully saturated rings. The number of hydrogen-bond acceptors (Lipinski definition) is 2. The Morgan fingerprint density at radius 3 is 2.95 bits per heavy atom. The van der Waals surface area contributed by atoms with Gasteiger partial charge in [-0.3, -0.25) is 4.99 Å². The first kappa shape index (κ1) is 14.9. The summed E-state index contributed by atoms with van der Waals surface area (Å²) in [5.74, 6) is 0.509. The molecule has 20 heavy (non-hydrogen) atoms. The molecule has 4 nitrogen and oxygen atoms in total. The van der Waals surface area contributed by atoms with Gasteiger partial charge in [-0.05, 0) is 61.8 Å². The van der Waals surface area contributed by atoms with Crippen molar-refractivity contribution in [2.24, 2.45) is 10.7 Å². The van der Waals surface area contributed by atoms with Crippen LogP contribution in [0.25, 0.3) is 0 Å². The molecule has 3 N–H and O–H groups in total. The van der Waals surface area contributed by atoms with Gasteiger partial charge in [0.1, 0.15) is 0 Å². The van der Waals surface area contributed by atoms with Crippen LogP contribution < -0.4 is 11.1 Å². The van der Waals surface area contributed by atoms with Crippen LogP contribution in [0.3, 0.4) is 0 Å². The molecule has 0 aliphatic heterocycles. The number of hydrogen-bond donors (Lipinski definition) is 2. The summed E-state index contributed by atoms with van der Waals surface area (Å²) in [6, 6.07) is 6.48. The Labute approximate surface area is 121 Å². The van der Waals surface area contributed by atoms with Gasteiger partial charge in [0.15, 0.2) is 5.96 Å². The molecule has 1 aromatic carbocycles. The average Bonchev–Trinajstić information content (AvgIpc) is 2.90. The first-order chi connectivity index (χ1) is 9.79. The van der Waals surface area contributed by atoms with E-state index in [0.717, 1.165) is 38.1 Å². The van der Waals surface area contributed by atoms with E-state index < -0.39 is 0 Å². The Balaban J connectivity index is 1.74. The Kier molecular flexibility index (Phi) is 5.87. The summed E-state index contributed by atoms with van der Waals surface area (Å²) in [4.78, 5) is 4.35. The van der Waals surface area contributed by atoms with Crippen LogP contribution in [0.1, 0.15) is 36.8 Å². The monoisotopic (exact) mass is 275 g/mol. The minimum atomic E-state index is 0.509. The minimum absolute atomic E-state index is 0.509. The largest absolute Gasteiger partial charge is 0.385 e. The Morgan fingerprint density at radius 1 is 1.25 bits per heavy atom. The number of aliphatic imine (C=N–C) groups is 1. The lowest BCUT2D eigenvalue weighted by Gasteiger charge is -2.08. The maximum absolute atomic E-state index is 5.91. The zero-order valence-electron chi connectivity index (χ0n) is 12.3. The first-order valence-electron chi connectivity index (χ1n) is 7.47. The van der Waals surface area contributed by atoms with E-state index in [-0.39, 0.29) is 0 Å². The summed E-state index contributed by atoms with van der Waals surface area (Å²) >= 11 is 0. The van der Waals surface area contributed by atoms with E-state index in [4.69, 9.17) is 10.5 Å². The van der Waals surface area contributed by atoms with Crippen molar-refractivity contribution in [3.05, 3.63) is 29.3 Å². The number of nitrogens with two attached hydrogens (primary N) is 1. The van der Waals surface area contributed by atoms with Gasteiger partial charge in [-0.15, -0.1) is 0 Å². The van der Waals surface area contributed by atoms with Crippen LogP contribution in [0.2, 0.25) is 0 Å². The lowest BCUT2D eigenvalue weighted by atomic mass is 10.1. The SMILES string of the molecule is COCCCCCN=C(N)Nc1ccc2c(c1)CCC2. The third kappa shape index (κ3) is 4.53. The zero-order chi connectivity index (χ0) is 14.2. The number of rotatable bonds is 7. The number of nitrogens with zero attached hydrogens (tertiary/aromatic N) is 1. The molecule has 4 heteroatoms. The summed E-state index contributed by atoms with van der Waals surface area (Å²) in [6.45, 7) is 1.60. The van der Waals surface area contributed by atoms with Gasteiger partial charge in [0.25, 0.3) is 0 Å². The third-order valence-electron chi connectivity index (χ3n) is 3.66. The highest BCUT2D eigenvalue weighted by Gasteiger charge is 2.10. The molecule has 1 aliphatic rings. The zero-order valence-corrected chi connectivity index (χ0v) is 12.3. The molecule has 0 saturated carbocycles. The number of fused-ring (bicyclic) bond motifs is 1. The second kappa shape index (κ2) is 7.90. The van der Waals surface area contributed by atoms with Gasteiger partial charge in [-0.1, -0.05) is 6.07 Å². The molecule has 0 spiro atoms. The first-order valence-corrected chi connectivity index (χ1v) is 7.47. The van der Waals surface area contributed by atoms with Gasteiger partial charge in [0.05, 0.1) is 0 Å². The average molecular weight is 275 g/mol. The molecule has 0 radical (unpaired) electrons. The minimum Gasteiger partial charge on any atom is -0.385 e. The van der Waals surface area contributed by atoms with E-state index >= 15 is 0 Å². The van der Waals surface area contributed by atoms with Crippen molar-refractivity contribution < 1.29 is 4.74 Å². The Bertz CT molecular complexity index is 457. The fourth-order valence-corrected chi connectivity index (χ4v) is 2.57. The molecule has 1 aliphatic carbocycles. The lowest BCUT2D eigenvalue weighted by molar-refractivity contribution is 0.192. The summed E-state index contributed by atoms with van der Waals surface area (Å²) in [7, 11) is 1.73. The van der Waals surface area contributed by atoms with E-state index in [1.165, 1.54) is 30.4 Å². The highest BCUT2D eigenvalue weighted by atomic mass is 16.5. The van der Waals surface area contributed by atoms with E-state index in [2.05, 4.69) is 28.5 Å². The number of benzene rings is 1. The summed E-state index contributed by atoms with van der Waals surface area (Å²) < 4.78 is 5.01. The topological polar surface area (TPSA) is 59.6 Å². The van der Waals surface area contributed by atoms with E-state index in [0.29, 0.717) is 5.96 Å². The van der Waals surface area contributed by atoms with Crippen LogP contribution in [-0.2, 0) is 17.6 Å². The molecular formula is C16H25N3O. The maximum atomic E-state index is 5.91. The molecule has 110 valence electrons. The molecule has 1 aromatic rings. The van der Waals surface area contributed by atoms with Crippen LogP contribution in [0.5, 0.6) is 0 Å². The van der Waals surface area contributed by atoms with Crippen LogP contribution in [-0.4, -0.2) is 26.2 Å². The van der Waals surface area contributed by atoms with Crippen molar-refractivity contribution in [2.45, 2.75) is 38.5 Å². The number of unbranched alkanes of at least 4 members (excludes halogenated alkanes) is 2. The van der Waals surface area contributed by atoms with Crippen LogP contribution >= 0.6 is 0 Å². The van der Waals surface area contributed by atoms with Gasteiger partial charge in [-0.2, -0.15) is 0 Å². The predicted molar refractivity (Wildman–Crippen MR) is 84.3 cm³/mol. The van der Waals surface area contributed by atoms with Crippen molar-refractivity contribution >= 4 is 11.6 Å². The molecule has 0 aromatic heterocycles. The Morgan fingerprint density at radius 2 is 2.10 bits per heavy atom. The van der Waals surface area contributed by atoms with Gasteiger partial charge in [0.2, 0.25) is 0 Å². The highest BCUT2D eigenvalue weighted by molar-refractivity contribution is 5.92. The number of anilines is 1. The second-order valence-corrected chi connectivity index (χ2v) is 5.28. The fourth-order valence-electron chi connectivity index (χ4n) is 2.57. The number of nitrogens with one attached hydrogen (secondary N) is 1. The smallest absolute Gasteiger partial charge is 0.193 e. The lowest BCUT2D eigenvalue weighted by Crippen LogP contribution is -2.22. The van der Waals surface area contributed by atoms with E-state index in [9.17, 15) is 0 Å².